The monoisotopic (exact) mass is 381 g/mol. The first-order valence-electron chi connectivity index (χ1n) is 10.1. The predicted octanol–water partition coefficient (Wildman–Crippen LogP) is 3.35. The number of nitrogens with zero attached hydrogens (tertiary/aromatic N) is 3. The zero-order chi connectivity index (χ0) is 19.9. The lowest BCUT2D eigenvalue weighted by atomic mass is 10.1. The van der Waals surface area contributed by atoms with Crippen molar-refractivity contribution in [1.29, 1.82) is 0 Å². The fourth-order valence-corrected chi connectivity index (χ4v) is 3.15. The second-order valence-corrected chi connectivity index (χ2v) is 7.83. The smallest absolute Gasteiger partial charge is 0.252 e. The van der Waals surface area contributed by atoms with Gasteiger partial charge in [-0.25, -0.2) is 4.98 Å². The molecule has 1 aromatic heterocycles. The highest BCUT2D eigenvalue weighted by Crippen LogP contribution is 2.21. The van der Waals surface area contributed by atoms with Crippen molar-refractivity contribution in [3.63, 3.8) is 0 Å². The van der Waals surface area contributed by atoms with E-state index in [1.165, 1.54) is 5.69 Å². The van der Waals surface area contributed by atoms with Gasteiger partial charge in [0.2, 0.25) is 0 Å². The normalized spacial score (nSPS) is 14.9. The van der Waals surface area contributed by atoms with E-state index < -0.39 is 0 Å². The van der Waals surface area contributed by atoms with Crippen molar-refractivity contribution in [3.8, 4) is 0 Å². The Morgan fingerprint density at radius 3 is 2.39 bits per heavy atom. The van der Waals surface area contributed by atoms with Crippen molar-refractivity contribution < 1.29 is 4.79 Å². The van der Waals surface area contributed by atoms with Gasteiger partial charge in [0.15, 0.2) is 0 Å². The van der Waals surface area contributed by atoms with Crippen LogP contribution in [-0.2, 0) is 0 Å². The molecule has 1 aliphatic heterocycles. The van der Waals surface area contributed by atoms with Crippen LogP contribution in [0.2, 0.25) is 0 Å². The van der Waals surface area contributed by atoms with Crippen LogP contribution in [0.25, 0.3) is 0 Å². The Bertz CT molecular complexity index is 750. The van der Waals surface area contributed by atoms with E-state index in [1.54, 1.807) is 12.3 Å². The molecular weight excluding hydrogens is 350 g/mol. The zero-order valence-electron chi connectivity index (χ0n) is 17.1. The van der Waals surface area contributed by atoms with Crippen LogP contribution in [0.1, 0.15) is 30.6 Å². The standard InChI is InChI=1S/C22H31N5O/c1-17(2)10-11-23-22(28)18-4-9-21(24-16-18)25-19-5-7-20(8-6-19)27-14-12-26(3)13-15-27/h4-9,16-17H,10-15H2,1-3H3,(H,23,28)(H,24,25). The summed E-state index contributed by atoms with van der Waals surface area (Å²) >= 11 is 0. The Morgan fingerprint density at radius 1 is 1.07 bits per heavy atom. The minimum atomic E-state index is -0.0729. The summed E-state index contributed by atoms with van der Waals surface area (Å²) < 4.78 is 0. The first-order valence-corrected chi connectivity index (χ1v) is 10.1. The molecule has 0 atom stereocenters. The van der Waals surface area contributed by atoms with Gasteiger partial charge in [0.05, 0.1) is 5.56 Å². The molecule has 0 unspecified atom stereocenters. The van der Waals surface area contributed by atoms with E-state index in [4.69, 9.17) is 0 Å². The number of hydrogen-bond donors (Lipinski definition) is 2. The van der Waals surface area contributed by atoms with Gasteiger partial charge in [0.25, 0.3) is 5.91 Å². The molecule has 6 heteroatoms. The Morgan fingerprint density at radius 2 is 1.79 bits per heavy atom. The number of carbonyl (C=O) groups excluding carboxylic acids is 1. The van der Waals surface area contributed by atoms with Gasteiger partial charge < -0.3 is 20.4 Å². The molecule has 0 saturated carbocycles. The van der Waals surface area contributed by atoms with E-state index in [9.17, 15) is 4.79 Å². The van der Waals surface area contributed by atoms with Crippen molar-refractivity contribution in [2.45, 2.75) is 20.3 Å². The van der Waals surface area contributed by atoms with Gasteiger partial charge in [-0.2, -0.15) is 0 Å². The van der Waals surface area contributed by atoms with Crippen LogP contribution >= 0.6 is 0 Å². The van der Waals surface area contributed by atoms with E-state index in [-0.39, 0.29) is 5.91 Å². The number of carbonyl (C=O) groups is 1. The molecule has 1 aromatic carbocycles. The van der Waals surface area contributed by atoms with Crippen LogP contribution < -0.4 is 15.5 Å². The zero-order valence-corrected chi connectivity index (χ0v) is 17.1. The maximum absolute atomic E-state index is 12.1. The van der Waals surface area contributed by atoms with Crippen LogP contribution in [0.4, 0.5) is 17.2 Å². The maximum atomic E-state index is 12.1. The SMILES string of the molecule is CC(C)CCNC(=O)c1ccc(Nc2ccc(N3CCN(C)CC3)cc2)nc1. The van der Waals surface area contributed by atoms with Crippen LogP contribution in [0, 0.1) is 5.92 Å². The number of hydrogen-bond acceptors (Lipinski definition) is 5. The number of pyridine rings is 1. The molecule has 2 aromatic rings. The van der Waals surface area contributed by atoms with E-state index in [0.29, 0.717) is 18.0 Å². The summed E-state index contributed by atoms with van der Waals surface area (Å²) in [5.74, 6) is 1.23. The third kappa shape index (κ3) is 5.70. The molecule has 1 saturated heterocycles. The largest absolute Gasteiger partial charge is 0.369 e. The molecule has 0 aliphatic carbocycles. The van der Waals surface area contributed by atoms with Gasteiger partial charge in [-0.3, -0.25) is 4.79 Å². The molecule has 1 fully saturated rings. The third-order valence-corrected chi connectivity index (χ3v) is 5.04. The lowest BCUT2D eigenvalue weighted by molar-refractivity contribution is 0.0951. The van der Waals surface area contributed by atoms with E-state index in [2.05, 4.69) is 70.6 Å². The second kappa shape index (κ2) is 9.55. The van der Waals surface area contributed by atoms with Crippen LogP contribution in [0.15, 0.2) is 42.6 Å². The minimum absolute atomic E-state index is 0.0729. The number of anilines is 3. The summed E-state index contributed by atoms with van der Waals surface area (Å²) in [5, 5.41) is 6.23. The second-order valence-electron chi connectivity index (χ2n) is 7.83. The van der Waals surface area contributed by atoms with Crippen LogP contribution in [0.5, 0.6) is 0 Å². The Kier molecular flexibility index (Phi) is 6.87. The lowest BCUT2D eigenvalue weighted by Crippen LogP contribution is -2.44. The summed E-state index contributed by atoms with van der Waals surface area (Å²) in [5.41, 5.74) is 2.82. The van der Waals surface area contributed by atoms with Crippen molar-refractivity contribution in [2.24, 2.45) is 5.92 Å². The number of likely N-dealkylation sites (N-methyl/N-ethyl adjacent to an activating group) is 1. The molecule has 0 bridgehead atoms. The first-order chi connectivity index (χ1) is 13.5. The van der Waals surface area contributed by atoms with Crippen molar-refractivity contribution >= 4 is 23.1 Å². The van der Waals surface area contributed by atoms with Gasteiger partial charge in [0.1, 0.15) is 5.82 Å². The van der Waals surface area contributed by atoms with E-state index in [0.717, 1.165) is 44.1 Å². The number of nitrogens with one attached hydrogen (secondary N) is 2. The highest BCUT2D eigenvalue weighted by Gasteiger charge is 2.14. The molecule has 1 aliphatic rings. The van der Waals surface area contributed by atoms with Crippen LogP contribution in [-0.4, -0.2) is 55.6 Å². The van der Waals surface area contributed by atoms with Crippen LogP contribution in [0.3, 0.4) is 0 Å². The Labute approximate surface area is 167 Å². The highest BCUT2D eigenvalue weighted by atomic mass is 16.1. The number of benzene rings is 1. The van der Waals surface area contributed by atoms with Crippen molar-refractivity contribution in [2.75, 3.05) is 50.0 Å². The summed E-state index contributed by atoms with van der Waals surface area (Å²) in [7, 11) is 2.16. The van der Waals surface area contributed by atoms with Gasteiger partial charge in [0, 0.05) is 50.3 Å². The molecule has 150 valence electrons. The van der Waals surface area contributed by atoms with E-state index >= 15 is 0 Å². The molecule has 0 spiro atoms. The molecular formula is C22H31N5O. The minimum Gasteiger partial charge on any atom is -0.369 e. The summed E-state index contributed by atoms with van der Waals surface area (Å²) in [6.45, 7) is 9.30. The Balaban J connectivity index is 1.53. The topological polar surface area (TPSA) is 60.5 Å². The number of piperazine rings is 1. The van der Waals surface area contributed by atoms with Gasteiger partial charge in [-0.1, -0.05) is 13.8 Å². The van der Waals surface area contributed by atoms with Gasteiger partial charge in [-0.15, -0.1) is 0 Å². The molecule has 0 radical (unpaired) electrons. The number of rotatable bonds is 7. The van der Waals surface area contributed by atoms with Gasteiger partial charge >= 0.3 is 0 Å². The quantitative estimate of drug-likeness (QED) is 0.770. The lowest BCUT2D eigenvalue weighted by Gasteiger charge is -2.34. The summed E-state index contributed by atoms with van der Waals surface area (Å²) in [6.07, 6.45) is 2.59. The number of aromatic nitrogens is 1. The highest BCUT2D eigenvalue weighted by molar-refractivity contribution is 5.94. The van der Waals surface area contributed by atoms with Crippen molar-refractivity contribution in [3.05, 3.63) is 48.2 Å². The fourth-order valence-electron chi connectivity index (χ4n) is 3.15. The average molecular weight is 382 g/mol. The van der Waals surface area contributed by atoms with Gasteiger partial charge in [-0.05, 0) is 55.8 Å². The summed E-state index contributed by atoms with van der Waals surface area (Å²) in [6, 6.07) is 12.1. The molecule has 6 nitrogen and oxygen atoms in total. The molecule has 1 amide bonds. The predicted molar refractivity (Wildman–Crippen MR) is 115 cm³/mol. The van der Waals surface area contributed by atoms with Crippen molar-refractivity contribution in [1.82, 2.24) is 15.2 Å². The van der Waals surface area contributed by atoms with E-state index in [1.807, 2.05) is 6.07 Å². The Hall–Kier alpha value is -2.60. The maximum Gasteiger partial charge on any atom is 0.252 e. The molecule has 28 heavy (non-hydrogen) atoms. The third-order valence-electron chi connectivity index (χ3n) is 5.04. The fraction of sp³-hybridized carbons (Fsp3) is 0.455. The summed E-state index contributed by atoms with van der Waals surface area (Å²) in [4.78, 5) is 21.3. The molecule has 2 heterocycles. The first kappa shape index (κ1) is 20.1. The molecule has 3 rings (SSSR count). The molecule has 2 N–H and O–H groups in total. The number of amides is 1. The average Bonchev–Trinajstić information content (AvgIpc) is 2.69.